The fourth-order valence-corrected chi connectivity index (χ4v) is 6.05. The summed E-state index contributed by atoms with van der Waals surface area (Å²) in [6.45, 7) is 0. The van der Waals surface area contributed by atoms with Gasteiger partial charge in [0.2, 0.25) is 10.0 Å². The second-order valence-corrected chi connectivity index (χ2v) is 11.5. The molecule has 5 rings (SSSR count). The lowest BCUT2D eigenvalue weighted by molar-refractivity contribution is 0.546. The summed E-state index contributed by atoms with van der Waals surface area (Å²) in [7, 11) is -7.16. The molecule has 1 saturated carbocycles. The van der Waals surface area contributed by atoms with Crippen molar-refractivity contribution < 1.29 is 16.8 Å². The summed E-state index contributed by atoms with van der Waals surface area (Å²) >= 11 is 0. The summed E-state index contributed by atoms with van der Waals surface area (Å²) in [5.41, 5.74) is 2.27. The predicted molar refractivity (Wildman–Crippen MR) is 113 cm³/mol. The number of nitrogens with zero attached hydrogens (tertiary/aromatic N) is 4. The van der Waals surface area contributed by atoms with Crippen molar-refractivity contribution in [1.82, 2.24) is 29.3 Å². The highest BCUT2D eigenvalue weighted by Gasteiger charge is 2.32. The molecule has 2 N–H and O–H groups in total. The number of hydrogen-bond donors (Lipinski definition) is 2. The molecule has 31 heavy (non-hydrogen) atoms. The van der Waals surface area contributed by atoms with Crippen LogP contribution < -0.4 is 4.72 Å². The Morgan fingerprint density at radius 1 is 1.03 bits per heavy atom. The maximum Gasteiger partial charge on any atom is 0.240 e. The Morgan fingerprint density at radius 3 is 2.52 bits per heavy atom. The van der Waals surface area contributed by atoms with E-state index in [2.05, 4.69) is 24.9 Å². The molecule has 0 unspecified atom stereocenters. The first-order valence-electron chi connectivity index (χ1n) is 9.72. The average molecular weight is 461 g/mol. The smallest absolute Gasteiger partial charge is 0.240 e. The third-order valence-electron chi connectivity index (χ3n) is 5.65. The summed E-state index contributed by atoms with van der Waals surface area (Å²) < 4.78 is 53.5. The highest BCUT2D eigenvalue weighted by molar-refractivity contribution is 7.90. The highest BCUT2D eigenvalue weighted by Crippen LogP contribution is 2.35. The van der Waals surface area contributed by atoms with Crippen LogP contribution in [-0.4, -0.2) is 53.7 Å². The van der Waals surface area contributed by atoms with E-state index in [4.69, 9.17) is 0 Å². The minimum atomic E-state index is -3.77. The summed E-state index contributed by atoms with van der Waals surface area (Å²) in [5, 5.41) is 8.57. The molecular weight excluding hydrogens is 440 g/mol. The van der Waals surface area contributed by atoms with Crippen LogP contribution in [0.25, 0.3) is 16.8 Å². The van der Waals surface area contributed by atoms with Gasteiger partial charge >= 0.3 is 0 Å². The SMILES string of the molecule is CS(=O)(=O)c1ccc(S(=O)(=O)N[C@H]2CC[C@@H](c3nnc4cnc5[nH]ccc5n34)C2)cc1. The van der Waals surface area contributed by atoms with Crippen molar-refractivity contribution in [1.29, 1.82) is 0 Å². The van der Waals surface area contributed by atoms with E-state index in [1.54, 1.807) is 6.20 Å². The molecule has 4 aromatic rings. The molecule has 162 valence electrons. The van der Waals surface area contributed by atoms with E-state index in [1.165, 1.54) is 24.3 Å². The zero-order valence-electron chi connectivity index (χ0n) is 16.6. The average Bonchev–Trinajstić information content (AvgIpc) is 3.45. The van der Waals surface area contributed by atoms with Crippen LogP contribution >= 0.6 is 0 Å². The van der Waals surface area contributed by atoms with Crippen molar-refractivity contribution in [2.24, 2.45) is 0 Å². The molecule has 0 aliphatic heterocycles. The quantitative estimate of drug-likeness (QED) is 0.461. The fourth-order valence-electron chi connectivity index (χ4n) is 4.14. The van der Waals surface area contributed by atoms with Crippen LogP contribution in [0.5, 0.6) is 0 Å². The maximum atomic E-state index is 12.8. The minimum absolute atomic E-state index is 0.0383. The van der Waals surface area contributed by atoms with Gasteiger partial charge in [-0.3, -0.25) is 4.40 Å². The Bertz CT molecular complexity index is 1490. The summed E-state index contributed by atoms with van der Waals surface area (Å²) in [4.78, 5) is 7.51. The van der Waals surface area contributed by atoms with Gasteiger partial charge in [-0.05, 0) is 49.6 Å². The van der Waals surface area contributed by atoms with Crippen molar-refractivity contribution >= 4 is 36.7 Å². The van der Waals surface area contributed by atoms with E-state index < -0.39 is 19.9 Å². The monoisotopic (exact) mass is 460 g/mol. The Hall–Kier alpha value is -2.83. The molecule has 12 heteroatoms. The lowest BCUT2D eigenvalue weighted by atomic mass is 10.1. The minimum Gasteiger partial charge on any atom is -0.345 e. The van der Waals surface area contributed by atoms with Gasteiger partial charge in [-0.1, -0.05) is 0 Å². The number of nitrogens with one attached hydrogen (secondary N) is 2. The van der Waals surface area contributed by atoms with Gasteiger partial charge in [-0.2, -0.15) is 0 Å². The van der Waals surface area contributed by atoms with Crippen molar-refractivity contribution in [2.45, 2.75) is 41.0 Å². The first kappa shape index (κ1) is 20.1. The summed E-state index contributed by atoms with van der Waals surface area (Å²) in [5.74, 6) is 0.844. The Morgan fingerprint density at radius 2 is 1.77 bits per heavy atom. The zero-order valence-corrected chi connectivity index (χ0v) is 18.2. The first-order valence-corrected chi connectivity index (χ1v) is 13.1. The molecule has 0 spiro atoms. The molecule has 1 aliphatic carbocycles. The summed E-state index contributed by atoms with van der Waals surface area (Å²) in [6.07, 6.45) is 6.58. The van der Waals surface area contributed by atoms with Crippen LogP contribution in [-0.2, 0) is 19.9 Å². The normalized spacial score (nSPS) is 20.0. The number of H-pyrrole nitrogens is 1. The van der Waals surface area contributed by atoms with Crippen LogP contribution in [0.2, 0.25) is 0 Å². The lowest BCUT2D eigenvalue weighted by Crippen LogP contribution is -2.33. The standard InChI is InChI=1S/C19H20N6O4S2/c1-30(26,27)14-4-6-15(7-5-14)31(28,29)24-13-3-2-12(10-13)19-23-22-17-11-21-18-16(25(17)19)8-9-20-18/h4-9,11-13,20,24H,2-3,10H2,1H3/t12-,13+/m1/s1. The van der Waals surface area contributed by atoms with Crippen LogP contribution in [0.4, 0.5) is 0 Å². The number of fused-ring (bicyclic) bond motifs is 3. The van der Waals surface area contributed by atoms with Gasteiger partial charge in [-0.25, -0.2) is 26.5 Å². The Balaban J connectivity index is 1.36. The molecule has 2 atom stereocenters. The van der Waals surface area contributed by atoms with E-state index in [0.29, 0.717) is 18.5 Å². The number of hydrogen-bond acceptors (Lipinski definition) is 7. The number of aromatic nitrogens is 5. The first-order chi connectivity index (χ1) is 14.7. The van der Waals surface area contributed by atoms with Crippen molar-refractivity contribution in [2.75, 3.05) is 6.26 Å². The third-order valence-corrected chi connectivity index (χ3v) is 8.31. The van der Waals surface area contributed by atoms with Crippen LogP contribution in [0.1, 0.15) is 31.0 Å². The molecule has 0 bridgehead atoms. The second kappa shape index (κ2) is 7.11. The number of aromatic amines is 1. The third kappa shape index (κ3) is 3.60. The lowest BCUT2D eigenvalue weighted by Gasteiger charge is -2.14. The van der Waals surface area contributed by atoms with Crippen LogP contribution in [0, 0.1) is 0 Å². The van der Waals surface area contributed by atoms with E-state index in [-0.39, 0.29) is 21.8 Å². The van der Waals surface area contributed by atoms with Crippen molar-refractivity contribution in [3.63, 3.8) is 0 Å². The topological polar surface area (TPSA) is 139 Å². The molecule has 1 fully saturated rings. The van der Waals surface area contributed by atoms with Gasteiger partial charge in [-0.15, -0.1) is 10.2 Å². The van der Waals surface area contributed by atoms with Crippen molar-refractivity contribution in [3.8, 4) is 0 Å². The van der Waals surface area contributed by atoms with Gasteiger partial charge in [0, 0.05) is 24.4 Å². The molecule has 0 saturated heterocycles. The van der Waals surface area contributed by atoms with Gasteiger partial charge in [0.05, 0.1) is 21.5 Å². The Kier molecular flexibility index (Phi) is 4.61. The molecule has 1 aromatic carbocycles. The van der Waals surface area contributed by atoms with E-state index in [9.17, 15) is 16.8 Å². The molecule has 10 nitrogen and oxygen atoms in total. The van der Waals surface area contributed by atoms with Gasteiger partial charge in [0.1, 0.15) is 5.82 Å². The zero-order chi connectivity index (χ0) is 21.8. The Labute approximate surface area is 178 Å². The summed E-state index contributed by atoms with van der Waals surface area (Å²) in [6, 6.07) is 6.90. The van der Waals surface area contributed by atoms with E-state index in [1.807, 2.05) is 16.7 Å². The largest absolute Gasteiger partial charge is 0.345 e. The molecule has 0 amide bonds. The number of sulfone groups is 1. The second-order valence-electron chi connectivity index (χ2n) is 7.79. The van der Waals surface area contributed by atoms with Gasteiger partial charge in [0.25, 0.3) is 0 Å². The maximum absolute atomic E-state index is 12.8. The van der Waals surface area contributed by atoms with Gasteiger partial charge < -0.3 is 4.98 Å². The van der Waals surface area contributed by atoms with Gasteiger partial charge in [0.15, 0.2) is 21.1 Å². The highest BCUT2D eigenvalue weighted by atomic mass is 32.2. The molecule has 3 aromatic heterocycles. The molecule has 0 radical (unpaired) electrons. The van der Waals surface area contributed by atoms with Crippen LogP contribution in [0.3, 0.4) is 0 Å². The number of sulfonamides is 1. The molecule has 1 aliphatic rings. The fraction of sp³-hybridized carbons (Fsp3) is 0.316. The number of benzene rings is 1. The van der Waals surface area contributed by atoms with E-state index in [0.717, 1.165) is 29.7 Å². The molecular formula is C19H20N6O4S2. The van der Waals surface area contributed by atoms with Crippen LogP contribution in [0.15, 0.2) is 52.5 Å². The van der Waals surface area contributed by atoms with Crippen molar-refractivity contribution in [3.05, 3.63) is 48.5 Å². The number of rotatable bonds is 5. The molecule has 3 heterocycles. The predicted octanol–water partition coefficient (Wildman–Crippen LogP) is 1.62. The van der Waals surface area contributed by atoms with E-state index >= 15 is 0 Å².